The standard InChI is InChI=1S/C36H39BrN2O3/c1-2-3-4-5-6-7-8-9-10-22-30(40)38-24-16-15-17-25(23-24)39-34(41)32-31-26-18-11-13-20-28(26)36(37,33(32)35(39)42)29-21-14-12-19-27(29)31/h11-21,23,31-33H,2-10,22H2,1H3,(H,38,40)/t31?,32-,33-,36?/m0/s1. The first-order valence-electron chi connectivity index (χ1n) is 15.6. The number of hydrogen-bond donors (Lipinski definition) is 1. The van der Waals surface area contributed by atoms with E-state index in [2.05, 4.69) is 52.4 Å². The summed E-state index contributed by atoms with van der Waals surface area (Å²) in [5.41, 5.74) is 5.45. The van der Waals surface area contributed by atoms with Gasteiger partial charge in [-0.25, -0.2) is 4.90 Å². The maximum Gasteiger partial charge on any atom is 0.239 e. The summed E-state index contributed by atoms with van der Waals surface area (Å²) in [6.45, 7) is 2.23. The Balaban J connectivity index is 1.15. The van der Waals surface area contributed by atoms with Gasteiger partial charge in [-0.05, 0) is 46.9 Å². The molecular formula is C36H39BrN2O3. The van der Waals surface area contributed by atoms with Gasteiger partial charge in [-0.1, -0.05) is 129 Å². The number of nitrogens with zero attached hydrogens (tertiary/aromatic N) is 1. The van der Waals surface area contributed by atoms with Crippen LogP contribution in [-0.4, -0.2) is 17.7 Å². The van der Waals surface area contributed by atoms with Gasteiger partial charge in [0.25, 0.3) is 0 Å². The molecule has 3 amide bonds. The molecule has 0 saturated carbocycles. The smallest absolute Gasteiger partial charge is 0.239 e. The van der Waals surface area contributed by atoms with Gasteiger partial charge in [0.2, 0.25) is 17.7 Å². The molecule has 0 unspecified atom stereocenters. The number of nitrogens with one attached hydrogen (secondary N) is 1. The number of carbonyl (C=O) groups excluding carboxylic acids is 3. The maximum absolute atomic E-state index is 14.2. The minimum Gasteiger partial charge on any atom is -0.326 e. The van der Waals surface area contributed by atoms with Crippen LogP contribution in [0.1, 0.15) is 99.3 Å². The number of unbranched alkanes of at least 4 members (excludes halogenated alkanes) is 8. The van der Waals surface area contributed by atoms with Gasteiger partial charge in [-0.15, -0.1) is 0 Å². The number of rotatable bonds is 12. The second-order valence-electron chi connectivity index (χ2n) is 12.1. The minimum atomic E-state index is -0.775. The summed E-state index contributed by atoms with van der Waals surface area (Å²) < 4.78 is -0.775. The van der Waals surface area contributed by atoms with E-state index < -0.39 is 16.2 Å². The Morgan fingerprint density at radius 1 is 0.786 bits per heavy atom. The van der Waals surface area contributed by atoms with E-state index in [1.165, 1.54) is 49.8 Å². The normalized spacial score (nSPS) is 23.5. The van der Waals surface area contributed by atoms with Crippen LogP contribution < -0.4 is 10.2 Å². The highest BCUT2D eigenvalue weighted by atomic mass is 79.9. The van der Waals surface area contributed by atoms with Crippen molar-refractivity contribution in [2.75, 3.05) is 10.2 Å². The van der Waals surface area contributed by atoms with Crippen molar-refractivity contribution < 1.29 is 14.4 Å². The van der Waals surface area contributed by atoms with Crippen molar-refractivity contribution in [1.29, 1.82) is 0 Å². The van der Waals surface area contributed by atoms with Crippen molar-refractivity contribution in [1.82, 2.24) is 0 Å². The van der Waals surface area contributed by atoms with E-state index in [1.807, 2.05) is 30.3 Å². The summed E-state index contributed by atoms with van der Waals surface area (Å²) in [5.74, 6) is -1.64. The molecule has 2 bridgehead atoms. The van der Waals surface area contributed by atoms with Crippen LogP contribution in [-0.2, 0) is 18.7 Å². The summed E-state index contributed by atoms with van der Waals surface area (Å²) in [6.07, 6.45) is 11.3. The number of hydrogen-bond acceptors (Lipinski definition) is 3. The maximum atomic E-state index is 14.2. The molecule has 218 valence electrons. The van der Waals surface area contributed by atoms with Gasteiger partial charge < -0.3 is 5.32 Å². The van der Waals surface area contributed by atoms with Gasteiger partial charge in [0, 0.05) is 18.0 Å². The van der Waals surface area contributed by atoms with Gasteiger partial charge >= 0.3 is 0 Å². The average molecular weight is 628 g/mol. The van der Waals surface area contributed by atoms with Gasteiger partial charge in [0.15, 0.2) is 0 Å². The summed E-state index contributed by atoms with van der Waals surface area (Å²) in [4.78, 5) is 42.4. The van der Waals surface area contributed by atoms with Crippen molar-refractivity contribution in [3.63, 3.8) is 0 Å². The fourth-order valence-corrected chi connectivity index (χ4v) is 8.68. The molecule has 0 radical (unpaired) electrons. The van der Waals surface area contributed by atoms with Crippen molar-refractivity contribution in [2.24, 2.45) is 11.8 Å². The fourth-order valence-electron chi connectivity index (χ4n) is 7.48. The average Bonchev–Trinajstić information content (AvgIpc) is 3.27. The molecule has 1 heterocycles. The predicted octanol–water partition coefficient (Wildman–Crippen LogP) is 8.45. The minimum absolute atomic E-state index is 0.0359. The molecule has 42 heavy (non-hydrogen) atoms. The molecule has 2 atom stereocenters. The van der Waals surface area contributed by atoms with Crippen LogP contribution >= 0.6 is 15.9 Å². The Bertz CT molecular complexity index is 1450. The number of halogens is 1. The molecule has 3 aromatic carbocycles. The SMILES string of the molecule is CCCCCCCCCCCC(=O)Nc1cccc(N2C(=O)[C@@H]3[C@@H](C2=O)C2c4ccccc4C3(Br)c3ccccc32)c1. The lowest BCUT2D eigenvalue weighted by atomic mass is 9.55. The number of alkyl halides is 1. The number of anilines is 2. The zero-order chi connectivity index (χ0) is 29.3. The molecular weight excluding hydrogens is 588 g/mol. The second-order valence-corrected chi connectivity index (χ2v) is 13.3. The summed E-state index contributed by atoms with van der Waals surface area (Å²) in [6, 6.07) is 23.5. The van der Waals surface area contributed by atoms with Crippen molar-refractivity contribution >= 4 is 45.0 Å². The van der Waals surface area contributed by atoms with E-state index >= 15 is 0 Å². The number of benzene rings is 3. The van der Waals surface area contributed by atoms with Gasteiger partial charge in [0.05, 0.1) is 21.8 Å². The van der Waals surface area contributed by atoms with Crippen molar-refractivity contribution in [3.8, 4) is 0 Å². The molecule has 3 aromatic rings. The number of imide groups is 1. The third kappa shape index (κ3) is 4.92. The lowest BCUT2D eigenvalue weighted by Gasteiger charge is -2.51. The monoisotopic (exact) mass is 626 g/mol. The van der Waals surface area contributed by atoms with E-state index in [9.17, 15) is 14.4 Å². The predicted molar refractivity (Wildman–Crippen MR) is 171 cm³/mol. The third-order valence-electron chi connectivity index (χ3n) is 9.41. The van der Waals surface area contributed by atoms with E-state index in [4.69, 9.17) is 0 Å². The highest BCUT2D eigenvalue weighted by molar-refractivity contribution is 9.09. The fraction of sp³-hybridized carbons (Fsp3) is 0.417. The molecule has 5 nitrogen and oxygen atoms in total. The first-order valence-corrected chi connectivity index (χ1v) is 16.4. The van der Waals surface area contributed by atoms with Gasteiger partial charge in [0.1, 0.15) is 0 Å². The Morgan fingerprint density at radius 2 is 1.38 bits per heavy atom. The zero-order valence-corrected chi connectivity index (χ0v) is 25.9. The van der Waals surface area contributed by atoms with E-state index in [1.54, 1.807) is 18.2 Å². The molecule has 1 fully saturated rings. The summed E-state index contributed by atoms with van der Waals surface area (Å²) in [5, 5.41) is 2.99. The molecule has 6 heteroatoms. The zero-order valence-electron chi connectivity index (χ0n) is 24.3. The summed E-state index contributed by atoms with van der Waals surface area (Å²) in [7, 11) is 0. The summed E-state index contributed by atoms with van der Waals surface area (Å²) >= 11 is 4.05. The van der Waals surface area contributed by atoms with Crippen LogP contribution in [0.15, 0.2) is 72.8 Å². The Labute approximate surface area is 257 Å². The van der Waals surface area contributed by atoms with Crippen LogP contribution in [0.25, 0.3) is 0 Å². The van der Waals surface area contributed by atoms with Crippen molar-refractivity contribution in [2.45, 2.75) is 81.4 Å². The van der Waals surface area contributed by atoms with Crippen LogP contribution in [0.5, 0.6) is 0 Å². The van der Waals surface area contributed by atoms with Crippen molar-refractivity contribution in [3.05, 3.63) is 95.1 Å². The first kappa shape index (κ1) is 28.9. The first-order chi connectivity index (χ1) is 20.5. The largest absolute Gasteiger partial charge is 0.326 e. The quantitative estimate of drug-likeness (QED) is 0.125. The van der Waals surface area contributed by atoms with Gasteiger partial charge in [-0.3, -0.25) is 14.4 Å². The molecule has 0 spiro atoms. The Morgan fingerprint density at radius 3 is 2.02 bits per heavy atom. The molecule has 7 rings (SSSR count). The highest BCUT2D eigenvalue weighted by Gasteiger charge is 2.67. The number of amides is 3. The Kier molecular flexibility index (Phi) is 8.35. The molecule has 3 aliphatic carbocycles. The van der Waals surface area contributed by atoms with Crippen LogP contribution in [0.2, 0.25) is 0 Å². The highest BCUT2D eigenvalue weighted by Crippen LogP contribution is 2.66. The van der Waals surface area contributed by atoms with E-state index in [0.29, 0.717) is 17.8 Å². The lowest BCUT2D eigenvalue weighted by Crippen LogP contribution is -2.50. The molecule has 0 aromatic heterocycles. The Hall–Kier alpha value is -3.25. The van der Waals surface area contributed by atoms with Crippen LogP contribution in [0, 0.1) is 11.8 Å². The van der Waals surface area contributed by atoms with Crippen LogP contribution in [0.4, 0.5) is 11.4 Å². The molecule has 1 N–H and O–H groups in total. The van der Waals surface area contributed by atoms with E-state index in [-0.39, 0.29) is 23.6 Å². The van der Waals surface area contributed by atoms with Crippen LogP contribution in [0.3, 0.4) is 0 Å². The topological polar surface area (TPSA) is 66.5 Å². The second kappa shape index (κ2) is 12.2. The van der Waals surface area contributed by atoms with E-state index in [0.717, 1.165) is 35.1 Å². The van der Waals surface area contributed by atoms with Gasteiger partial charge in [-0.2, -0.15) is 0 Å². The lowest BCUT2D eigenvalue weighted by molar-refractivity contribution is -0.122. The third-order valence-corrected chi connectivity index (χ3v) is 10.8. The molecule has 1 aliphatic heterocycles. The number of carbonyl (C=O) groups is 3. The molecule has 1 saturated heterocycles. The molecule has 4 aliphatic rings.